The van der Waals surface area contributed by atoms with Crippen molar-refractivity contribution in [3.05, 3.63) is 131 Å². The number of hydrogen-bond donors (Lipinski definition) is 0. The number of carbonyl (C=O) groups is 1. The molecule has 11 heteroatoms. The molecule has 0 saturated heterocycles. The fourth-order valence-corrected chi connectivity index (χ4v) is 5.61. The lowest BCUT2D eigenvalue weighted by Crippen LogP contribution is -2.39. The number of benzene rings is 3. The number of thiazole rings is 1. The lowest BCUT2D eigenvalue weighted by Gasteiger charge is -2.24. The fourth-order valence-electron chi connectivity index (χ4n) is 4.56. The van der Waals surface area contributed by atoms with E-state index in [0.29, 0.717) is 37.7 Å². The Balaban J connectivity index is 1.49. The summed E-state index contributed by atoms with van der Waals surface area (Å²) in [5, 5.41) is 10.9. The van der Waals surface area contributed by atoms with E-state index < -0.39 is 16.9 Å². The molecule has 0 saturated carbocycles. The van der Waals surface area contributed by atoms with Crippen LogP contribution < -0.4 is 24.4 Å². The van der Waals surface area contributed by atoms with Gasteiger partial charge in [-0.2, -0.15) is 0 Å². The first-order valence-electron chi connectivity index (χ1n) is 12.5. The van der Waals surface area contributed by atoms with Gasteiger partial charge in [0, 0.05) is 12.1 Å². The smallest absolute Gasteiger partial charge is 0.338 e. The average molecular weight is 572 g/mol. The molecule has 1 aromatic heterocycles. The molecule has 2 heterocycles. The van der Waals surface area contributed by atoms with Crippen LogP contribution >= 0.6 is 11.3 Å². The predicted molar refractivity (Wildman–Crippen MR) is 153 cm³/mol. The van der Waals surface area contributed by atoms with Crippen molar-refractivity contribution in [1.82, 2.24) is 4.57 Å². The van der Waals surface area contributed by atoms with E-state index in [1.54, 1.807) is 43.3 Å². The Morgan fingerprint density at radius 3 is 2.46 bits per heavy atom. The number of carbonyl (C=O) groups excluding carboxylic acids is 1. The van der Waals surface area contributed by atoms with Gasteiger partial charge < -0.3 is 14.2 Å². The number of ether oxygens (including phenoxy) is 3. The normalized spacial score (nSPS) is 14.7. The summed E-state index contributed by atoms with van der Waals surface area (Å²) in [6.45, 7) is 1.92. The van der Waals surface area contributed by atoms with E-state index in [9.17, 15) is 19.7 Å². The molecule has 1 aliphatic heterocycles. The van der Waals surface area contributed by atoms with Crippen molar-refractivity contribution in [3.63, 3.8) is 0 Å². The highest BCUT2D eigenvalue weighted by Crippen LogP contribution is 2.31. The third kappa shape index (κ3) is 5.52. The van der Waals surface area contributed by atoms with E-state index in [-0.39, 0.29) is 17.9 Å². The maximum absolute atomic E-state index is 13.7. The van der Waals surface area contributed by atoms with Crippen LogP contribution in [0.2, 0.25) is 0 Å². The van der Waals surface area contributed by atoms with Crippen LogP contribution in [0, 0.1) is 10.1 Å². The van der Waals surface area contributed by atoms with Crippen molar-refractivity contribution < 1.29 is 23.9 Å². The van der Waals surface area contributed by atoms with E-state index in [2.05, 4.69) is 4.99 Å². The Morgan fingerprint density at radius 1 is 1.07 bits per heavy atom. The fraction of sp³-hybridized carbons (Fsp3) is 0.167. The van der Waals surface area contributed by atoms with Gasteiger partial charge in [-0.1, -0.05) is 47.7 Å². The van der Waals surface area contributed by atoms with Crippen LogP contribution in [-0.2, 0) is 16.1 Å². The molecule has 0 spiro atoms. The van der Waals surface area contributed by atoms with Crippen LogP contribution in [0.3, 0.4) is 0 Å². The van der Waals surface area contributed by atoms with Gasteiger partial charge in [0.15, 0.2) is 16.3 Å². The summed E-state index contributed by atoms with van der Waals surface area (Å²) < 4.78 is 18.4. The minimum atomic E-state index is -0.674. The first-order chi connectivity index (χ1) is 19.8. The third-order valence-corrected chi connectivity index (χ3v) is 7.55. The molecule has 0 aliphatic carbocycles. The molecule has 41 heavy (non-hydrogen) atoms. The molecule has 0 bridgehead atoms. The molecule has 0 fully saturated rings. The SMILES string of the molecule is COC(=O)C1=C(C)N=c2s/c(=C\c3ccc(OCc4ccc([N+](=O)[O-])cc4)c(OC)c3)c(=O)n2[C@H]1c1ccccc1. The van der Waals surface area contributed by atoms with Gasteiger partial charge in [-0.3, -0.25) is 19.5 Å². The second-order valence-corrected chi connectivity index (χ2v) is 10.1. The van der Waals surface area contributed by atoms with E-state index in [1.807, 2.05) is 30.3 Å². The molecule has 4 aromatic rings. The number of fused-ring (bicyclic) bond motifs is 1. The zero-order valence-corrected chi connectivity index (χ0v) is 23.2. The van der Waals surface area contributed by atoms with Crippen molar-refractivity contribution in [3.8, 4) is 11.5 Å². The van der Waals surface area contributed by atoms with E-state index in [4.69, 9.17) is 14.2 Å². The molecule has 208 valence electrons. The number of rotatable bonds is 8. The summed E-state index contributed by atoms with van der Waals surface area (Å²) in [7, 11) is 2.82. The van der Waals surface area contributed by atoms with E-state index in [0.717, 1.165) is 11.1 Å². The molecule has 0 radical (unpaired) electrons. The highest BCUT2D eigenvalue weighted by molar-refractivity contribution is 7.07. The summed E-state index contributed by atoms with van der Waals surface area (Å²) >= 11 is 1.23. The minimum Gasteiger partial charge on any atom is -0.493 e. The quantitative estimate of drug-likeness (QED) is 0.179. The summed E-state index contributed by atoms with van der Waals surface area (Å²) in [6, 6.07) is 20.0. The molecule has 5 rings (SSSR count). The topological polar surface area (TPSA) is 122 Å². The van der Waals surface area contributed by atoms with E-state index >= 15 is 0 Å². The molecule has 0 unspecified atom stereocenters. The van der Waals surface area contributed by atoms with Crippen molar-refractivity contribution in [2.75, 3.05) is 14.2 Å². The van der Waals surface area contributed by atoms with Gasteiger partial charge in [0.25, 0.3) is 11.2 Å². The van der Waals surface area contributed by atoms with Crippen molar-refractivity contribution in [2.24, 2.45) is 4.99 Å². The Labute approximate surface area is 238 Å². The summed E-state index contributed by atoms with van der Waals surface area (Å²) in [5.41, 5.74) is 2.77. The van der Waals surface area contributed by atoms with Gasteiger partial charge in [-0.15, -0.1) is 0 Å². The number of methoxy groups -OCH3 is 2. The van der Waals surface area contributed by atoms with Crippen LogP contribution in [0.5, 0.6) is 11.5 Å². The minimum absolute atomic E-state index is 0.00716. The lowest BCUT2D eigenvalue weighted by atomic mass is 9.96. The van der Waals surface area contributed by atoms with Crippen molar-refractivity contribution >= 4 is 29.1 Å². The standard InChI is InChI=1S/C30H25N3O7S/c1-18-26(29(35)39-3)27(21-7-5-4-6-8-21)32-28(34)25(41-30(32)31-18)16-20-11-14-23(24(15-20)38-2)40-17-19-9-12-22(13-10-19)33(36)37/h4-16,27H,17H2,1-3H3/b25-16-/t27-/m0/s1. The Morgan fingerprint density at radius 2 is 1.80 bits per heavy atom. The number of hydrogen-bond acceptors (Lipinski definition) is 9. The number of nitro groups is 1. The maximum atomic E-state index is 13.7. The Hall–Kier alpha value is -5.03. The van der Waals surface area contributed by atoms with Crippen LogP contribution in [0.1, 0.15) is 29.7 Å². The first kappa shape index (κ1) is 27.5. The highest BCUT2D eigenvalue weighted by Gasteiger charge is 2.32. The predicted octanol–water partition coefficient (Wildman–Crippen LogP) is 3.90. The molecule has 0 amide bonds. The number of allylic oxidation sites excluding steroid dienone is 1. The van der Waals surface area contributed by atoms with Gasteiger partial charge in [0.1, 0.15) is 6.61 Å². The number of nitro benzene ring substituents is 1. The van der Waals surface area contributed by atoms with Crippen LogP contribution in [0.15, 0.2) is 93.9 Å². The second-order valence-electron chi connectivity index (χ2n) is 9.11. The summed E-state index contributed by atoms with van der Waals surface area (Å²) in [6.07, 6.45) is 1.74. The van der Waals surface area contributed by atoms with Gasteiger partial charge in [0.2, 0.25) is 0 Å². The maximum Gasteiger partial charge on any atom is 0.338 e. The van der Waals surface area contributed by atoms with Crippen LogP contribution in [0.25, 0.3) is 6.08 Å². The Kier molecular flexibility index (Phi) is 7.79. The first-order valence-corrected chi connectivity index (χ1v) is 13.3. The van der Waals surface area contributed by atoms with Crippen molar-refractivity contribution in [2.45, 2.75) is 19.6 Å². The lowest BCUT2D eigenvalue weighted by molar-refractivity contribution is -0.384. The van der Waals surface area contributed by atoms with Crippen LogP contribution in [0.4, 0.5) is 5.69 Å². The molecular weight excluding hydrogens is 546 g/mol. The Bertz CT molecular complexity index is 1840. The molecule has 3 aromatic carbocycles. The zero-order valence-electron chi connectivity index (χ0n) is 22.4. The second kappa shape index (κ2) is 11.6. The number of non-ortho nitro benzene ring substituents is 1. The number of nitrogens with zero attached hydrogens (tertiary/aromatic N) is 3. The van der Waals surface area contributed by atoms with Gasteiger partial charge in [0.05, 0.1) is 41.0 Å². The van der Waals surface area contributed by atoms with Gasteiger partial charge in [-0.25, -0.2) is 9.79 Å². The largest absolute Gasteiger partial charge is 0.493 e. The molecule has 1 atom stereocenters. The average Bonchev–Trinajstić information content (AvgIpc) is 3.29. The summed E-state index contributed by atoms with van der Waals surface area (Å²) in [4.78, 5) is 41.9. The highest BCUT2D eigenvalue weighted by atomic mass is 32.1. The molecule has 10 nitrogen and oxygen atoms in total. The van der Waals surface area contributed by atoms with Crippen LogP contribution in [-0.4, -0.2) is 29.7 Å². The molecule has 1 aliphatic rings. The number of aromatic nitrogens is 1. The molecule has 0 N–H and O–H groups in total. The monoisotopic (exact) mass is 571 g/mol. The zero-order chi connectivity index (χ0) is 29.1. The molecular formula is C30H25N3O7S. The van der Waals surface area contributed by atoms with Gasteiger partial charge in [-0.05, 0) is 54.0 Å². The third-order valence-electron chi connectivity index (χ3n) is 6.57. The number of esters is 1. The van der Waals surface area contributed by atoms with Gasteiger partial charge >= 0.3 is 5.97 Å². The van der Waals surface area contributed by atoms with E-state index in [1.165, 1.54) is 42.3 Å². The van der Waals surface area contributed by atoms with Crippen molar-refractivity contribution in [1.29, 1.82) is 0 Å². The summed E-state index contributed by atoms with van der Waals surface area (Å²) in [5.74, 6) is 0.398.